The fourth-order valence-corrected chi connectivity index (χ4v) is 3.26. The minimum atomic E-state index is -0.829. The highest BCUT2D eigenvalue weighted by molar-refractivity contribution is 5.92. The average molecular weight is 406 g/mol. The molecule has 3 aromatic heterocycles. The summed E-state index contributed by atoms with van der Waals surface area (Å²) in [6.07, 6.45) is 4.60. The number of H-pyrrole nitrogens is 1. The summed E-state index contributed by atoms with van der Waals surface area (Å²) in [5.74, 6) is -1.11. The summed E-state index contributed by atoms with van der Waals surface area (Å²) in [5, 5.41) is 3.41. The monoisotopic (exact) mass is 406 g/mol. The number of anilines is 1. The lowest BCUT2D eigenvalue weighted by molar-refractivity contribution is -0.118. The Balaban J connectivity index is 1.73. The summed E-state index contributed by atoms with van der Waals surface area (Å²) in [6.45, 7) is 0. The summed E-state index contributed by atoms with van der Waals surface area (Å²) < 4.78 is 15.0. The van der Waals surface area contributed by atoms with Gasteiger partial charge in [0, 0.05) is 36.8 Å². The van der Waals surface area contributed by atoms with Crippen molar-refractivity contribution in [2.45, 2.75) is 12.5 Å². The van der Waals surface area contributed by atoms with Crippen molar-refractivity contribution >= 4 is 22.8 Å². The third-order valence-corrected chi connectivity index (χ3v) is 4.78. The molecule has 8 nitrogen and oxygen atoms in total. The zero-order valence-electron chi connectivity index (χ0n) is 16.1. The lowest BCUT2D eigenvalue weighted by Crippen LogP contribution is -2.39. The highest BCUT2D eigenvalue weighted by Gasteiger charge is 2.20. The van der Waals surface area contributed by atoms with Crippen LogP contribution in [-0.2, 0) is 18.3 Å². The van der Waals surface area contributed by atoms with Gasteiger partial charge in [-0.25, -0.2) is 14.4 Å². The highest BCUT2D eigenvalue weighted by Crippen LogP contribution is 2.26. The smallest absolute Gasteiger partial charge is 0.293 e. The molecule has 1 amide bonds. The molecule has 0 bridgehead atoms. The molecular formula is C21H19FN6O2. The Morgan fingerprint density at radius 3 is 2.83 bits per heavy atom. The van der Waals surface area contributed by atoms with Crippen LogP contribution >= 0.6 is 0 Å². The number of pyridine rings is 1. The second-order valence-corrected chi connectivity index (χ2v) is 6.93. The molecule has 0 radical (unpaired) electrons. The lowest BCUT2D eigenvalue weighted by atomic mass is 10.1. The number of hydrogen-bond donors (Lipinski definition) is 3. The second-order valence-electron chi connectivity index (χ2n) is 6.93. The number of fused-ring (bicyclic) bond motifs is 1. The number of carbonyl (C=O) groups is 1. The third-order valence-electron chi connectivity index (χ3n) is 4.78. The van der Waals surface area contributed by atoms with Crippen LogP contribution < -0.4 is 16.6 Å². The van der Waals surface area contributed by atoms with Crippen LogP contribution in [0.1, 0.15) is 5.56 Å². The van der Waals surface area contributed by atoms with Gasteiger partial charge in [-0.05, 0) is 11.6 Å². The molecule has 0 aliphatic heterocycles. The minimum absolute atomic E-state index is 0.0200. The van der Waals surface area contributed by atoms with E-state index in [1.807, 2.05) is 30.3 Å². The van der Waals surface area contributed by atoms with Crippen molar-refractivity contribution in [3.63, 3.8) is 0 Å². The van der Waals surface area contributed by atoms with Crippen molar-refractivity contribution in [3.8, 4) is 11.3 Å². The van der Waals surface area contributed by atoms with Crippen LogP contribution in [0.5, 0.6) is 0 Å². The van der Waals surface area contributed by atoms with Gasteiger partial charge in [-0.15, -0.1) is 0 Å². The van der Waals surface area contributed by atoms with E-state index in [1.54, 1.807) is 13.2 Å². The largest absolute Gasteiger partial charge is 0.368 e. The number of primary amides is 1. The van der Waals surface area contributed by atoms with Crippen molar-refractivity contribution < 1.29 is 9.18 Å². The van der Waals surface area contributed by atoms with Crippen LogP contribution in [0.2, 0.25) is 0 Å². The lowest BCUT2D eigenvalue weighted by Gasteiger charge is -2.17. The van der Waals surface area contributed by atoms with Crippen molar-refractivity contribution in [1.29, 1.82) is 0 Å². The van der Waals surface area contributed by atoms with E-state index in [0.29, 0.717) is 28.7 Å². The Hall–Kier alpha value is -4.01. The maximum absolute atomic E-state index is 13.7. The Morgan fingerprint density at radius 1 is 1.33 bits per heavy atom. The molecule has 0 aliphatic carbocycles. The molecule has 1 unspecified atom stereocenters. The first-order chi connectivity index (χ1) is 14.4. The fraction of sp³-hybridized carbons (Fsp3) is 0.143. The molecule has 4 N–H and O–H groups in total. The van der Waals surface area contributed by atoms with Crippen LogP contribution in [0.15, 0.2) is 59.8 Å². The Morgan fingerprint density at radius 2 is 2.10 bits per heavy atom. The van der Waals surface area contributed by atoms with Crippen LogP contribution in [-0.4, -0.2) is 31.5 Å². The van der Waals surface area contributed by atoms with Gasteiger partial charge < -0.3 is 20.6 Å². The van der Waals surface area contributed by atoms with Gasteiger partial charge in [-0.1, -0.05) is 30.3 Å². The summed E-state index contributed by atoms with van der Waals surface area (Å²) >= 11 is 0. The number of aromatic amines is 1. The fourth-order valence-electron chi connectivity index (χ4n) is 3.26. The van der Waals surface area contributed by atoms with Gasteiger partial charge in [0.1, 0.15) is 17.5 Å². The van der Waals surface area contributed by atoms with Gasteiger partial charge in [0.05, 0.1) is 11.9 Å². The Bertz CT molecular complexity index is 1280. The van der Waals surface area contributed by atoms with Gasteiger partial charge >= 0.3 is 0 Å². The van der Waals surface area contributed by atoms with E-state index in [-0.39, 0.29) is 5.82 Å². The topological polar surface area (TPSA) is 119 Å². The molecule has 4 aromatic rings. The minimum Gasteiger partial charge on any atom is -0.368 e. The number of nitrogens with two attached hydrogens (primary N) is 1. The van der Waals surface area contributed by atoms with Crippen molar-refractivity contribution in [1.82, 2.24) is 19.5 Å². The highest BCUT2D eigenvalue weighted by atomic mass is 19.1. The summed E-state index contributed by atoms with van der Waals surface area (Å²) in [6, 6.07) is 9.83. The van der Waals surface area contributed by atoms with Crippen molar-refractivity contribution in [2.24, 2.45) is 12.8 Å². The number of nitrogens with one attached hydrogen (secondary N) is 2. The van der Waals surface area contributed by atoms with Crippen LogP contribution in [0.3, 0.4) is 0 Å². The Kier molecular flexibility index (Phi) is 5.01. The van der Waals surface area contributed by atoms with Crippen LogP contribution in [0.25, 0.3) is 22.3 Å². The number of aromatic nitrogens is 4. The summed E-state index contributed by atoms with van der Waals surface area (Å²) in [5.41, 5.74) is 7.52. The zero-order chi connectivity index (χ0) is 21.3. The number of rotatable bonds is 6. The van der Waals surface area contributed by atoms with Gasteiger partial charge in [-0.3, -0.25) is 9.59 Å². The van der Waals surface area contributed by atoms with E-state index in [9.17, 15) is 14.0 Å². The van der Waals surface area contributed by atoms with E-state index in [0.717, 1.165) is 11.8 Å². The molecule has 9 heteroatoms. The zero-order valence-corrected chi connectivity index (χ0v) is 16.1. The average Bonchev–Trinajstić information content (AvgIpc) is 3.14. The maximum Gasteiger partial charge on any atom is 0.293 e. The number of aryl methyl sites for hydroxylation is 1. The molecule has 3 heterocycles. The third kappa shape index (κ3) is 3.77. The first kappa shape index (κ1) is 19.3. The number of halogens is 1. The molecule has 152 valence electrons. The molecule has 0 fully saturated rings. The van der Waals surface area contributed by atoms with E-state index in [1.165, 1.54) is 16.8 Å². The van der Waals surface area contributed by atoms with E-state index < -0.39 is 23.3 Å². The second kappa shape index (κ2) is 7.78. The van der Waals surface area contributed by atoms with E-state index >= 15 is 0 Å². The Labute approximate surface area is 170 Å². The van der Waals surface area contributed by atoms with Gasteiger partial charge in [0.25, 0.3) is 5.56 Å². The summed E-state index contributed by atoms with van der Waals surface area (Å²) in [7, 11) is 1.57. The van der Waals surface area contributed by atoms with Crippen molar-refractivity contribution in [3.05, 3.63) is 76.7 Å². The number of amides is 1. The number of hydrogen-bond acceptors (Lipinski definition) is 5. The molecule has 1 atom stereocenters. The van der Waals surface area contributed by atoms with Gasteiger partial charge in [-0.2, -0.15) is 0 Å². The molecule has 4 rings (SSSR count). The molecule has 0 aliphatic rings. The summed E-state index contributed by atoms with van der Waals surface area (Å²) in [4.78, 5) is 36.0. The normalized spacial score (nSPS) is 12.1. The van der Waals surface area contributed by atoms with Gasteiger partial charge in [0.2, 0.25) is 5.91 Å². The quantitative estimate of drug-likeness (QED) is 0.452. The van der Waals surface area contributed by atoms with E-state index in [4.69, 9.17) is 5.73 Å². The first-order valence-electron chi connectivity index (χ1n) is 9.23. The van der Waals surface area contributed by atoms with E-state index in [2.05, 4.69) is 20.3 Å². The molecule has 0 saturated heterocycles. The molecule has 0 saturated carbocycles. The molecule has 1 aromatic carbocycles. The molecular weight excluding hydrogens is 387 g/mol. The van der Waals surface area contributed by atoms with Crippen LogP contribution in [0, 0.1) is 5.82 Å². The standard InChI is InChI=1S/C21H19FN6O2/c1-28-11-17(15-10-25-19-14(15)8-13(22)9-24-19)27-20(21(28)30)26-16(18(23)29)7-12-5-3-2-4-6-12/h2-6,8-11,16H,7H2,1H3,(H2,23,29)(H,24,25)(H,26,27). The van der Waals surface area contributed by atoms with Crippen molar-refractivity contribution in [2.75, 3.05) is 5.32 Å². The first-order valence-corrected chi connectivity index (χ1v) is 9.23. The predicted molar refractivity (Wildman–Crippen MR) is 111 cm³/mol. The number of nitrogens with zero attached hydrogens (tertiary/aromatic N) is 3. The predicted octanol–water partition coefficient (Wildman–Crippen LogP) is 1.97. The van der Waals surface area contributed by atoms with Crippen LogP contribution in [0.4, 0.5) is 10.2 Å². The molecule has 0 spiro atoms. The number of carbonyl (C=O) groups excluding carboxylic acids is 1. The maximum atomic E-state index is 13.7. The van der Waals surface area contributed by atoms with Gasteiger partial charge in [0.15, 0.2) is 5.82 Å². The SMILES string of the molecule is Cn1cc(-c2c[nH]c3ncc(F)cc23)nc(NC(Cc2ccccc2)C(N)=O)c1=O. The number of benzene rings is 1. The molecule has 30 heavy (non-hydrogen) atoms.